The fraction of sp³-hybridized carbons (Fsp3) is 0.429. The molecule has 0 fully saturated rings. The summed E-state index contributed by atoms with van der Waals surface area (Å²) in [6.45, 7) is 3.84. The number of hydrogen-bond donors (Lipinski definition) is 1. The number of benzene rings is 1. The topological polar surface area (TPSA) is 62.1 Å². The van der Waals surface area contributed by atoms with Crippen LogP contribution >= 0.6 is 0 Å². The molecule has 0 aliphatic heterocycles. The van der Waals surface area contributed by atoms with Crippen molar-refractivity contribution in [3.05, 3.63) is 35.4 Å². The Kier molecular flexibility index (Phi) is 6.52. The highest BCUT2D eigenvalue weighted by molar-refractivity contribution is 5.94. The summed E-state index contributed by atoms with van der Waals surface area (Å²) < 4.78 is 5.34. The SMILES string of the molecule is CCCCOCCNC(=O)c1cccc(C#N)c1. The first-order valence-electron chi connectivity index (χ1n) is 6.14. The minimum atomic E-state index is -0.175. The number of ether oxygens (including phenoxy) is 1. The van der Waals surface area contributed by atoms with Crippen LogP contribution in [0, 0.1) is 11.3 Å². The summed E-state index contributed by atoms with van der Waals surface area (Å²) in [7, 11) is 0. The van der Waals surface area contributed by atoms with E-state index in [-0.39, 0.29) is 5.91 Å². The molecule has 0 saturated carbocycles. The molecular formula is C14H18N2O2. The van der Waals surface area contributed by atoms with Gasteiger partial charge in [-0.25, -0.2) is 0 Å². The quantitative estimate of drug-likeness (QED) is 0.749. The Balaban J connectivity index is 2.30. The minimum absolute atomic E-state index is 0.175. The summed E-state index contributed by atoms with van der Waals surface area (Å²) in [6, 6.07) is 8.64. The van der Waals surface area contributed by atoms with E-state index in [1.165, 1.54) is 0 Å². The fourth-order valence-corrected chi connectivity index (χ4v) is 1.42. The molecule has 4 heteroatoms. The summed E-state index contributed by atoms with van der Waals surface area (Å²) in [6.07, 6.45) is 2.14. The van der Waals surface area contributed by atoms with E-state index in [0.29, 0.717) is 24.3 Å². The number of nitrogens with one attached hydrogen (secondary N) is 1. The van der Waals surface area contributed by atoms with E-state index in [4.69, 9.17) is 10.00 Å². The van der Waals surface area contributed by atoms with Gasteiger partial charge >= 0.3 is 0 Å². The lowest BCUT2D eigenvalue weighted by molar-refractivity contribution is 0.0913. The van der Waals surface area contributed by atoms with Crippen molar-refractivity contribution in [2.75, 3.05) is 19.8 Å². The van der Waals surface area contributed by atoms with E-state index in [2.05, 4.69) is 12.2 Å². The van der Waals surface area contributed by atoms with Gasteiger partial charge < -0.3 is 10.1 Å². The molecule has 1 aromatic rings. The van der Waals surface area contributed by atoms with Crippen LogP contribution in [0.5, 0.6) is 0 Å². The van der Waals surface area contributed by atoms with Gasteiger partial charge in [0.25, 0.3) is 5.91 Å². The Morgan fingerprint density at radius 2 is 2.28 bits per heavy atom. The molecule has 1 amide bonds. The molecule has 18 heavy (non-hydrogen) atoms. The van der Waals surface area contributed by atoms with Gasteiger partial charge in [0.2, 0.25) is 0 Å². The summed E-state index contributed by atoms with van der Waals surface area (Å²) in [5.74, 6) is -0.175. The monoisotopic (exact) mass is 246 g/mol. The van der Waals surface area contributed by atoms with Crippen LogP contribution in [-0.2, 0) is 4.74 Å². The summed E-state index contributed by atoms with van der Waals surface area (Å²) in [5, 5.41) is 11.5. The molecule has 0 aromatic heterocycles. The van der Waals surface area contributed by atoms with Crippen LogP contribution < -0.4 is 5.32 Å². The Morgan fingerprint density at radius 3 is 3.00 bits per heavy atom. The molecule has 4 nitrogen and oxygen atoms in total. The van der Waals surface area contributed by atoms with Crippen LogP contribution in [-0.4, -0.2) is 25.7 Å². The molecule has 1 N–H and O–H groups in total. The average molecular weight is 246 g/mol. The third-order valence-electron chi connectivity index (χ3n) is 2.43. The number of amides is 1. The highest BCUT2D eigenvalue weighted by Crippen LogP contribution is 2.03. The summed E-state index contributed by atoms with van der Waals surface area (Å²) in [5.41, 5.74) is 0.990. The standard InChI is InChI=1S/C14H18N2O2/c1-2-3-8-18-9-7-16-14(17)13-6-4-5-12(10-13)11-15/h4-6,10H,2-3,7-9H2,1H3,(H,16,17). The number of nitriles is 1. The normalized spacial score (nSPS) is 9.78. The number of hydrogen-bond acceptors (Lipinski definition) is 3. The smallest absolute Gasteiger partial charge is 0.251 e. The fourth-order valence-electron chi connectivity index (χ4n) is 1.42. The molecule has 0 unspecified atom stereocenters. The number of nitrogens with zero attached hydrogens (tertiary/aromatic N) is 1. The zero-order chi connectivity index (χ0) is 13.2. The van der Waals surface area contributed by atoms with Gasteiger partial charge in [-0.05, 0) is 24.6 Å². The molecule has 1 aromatic carbocycles. The van der Waals surface area contributed by atoms with Gasteiger partial charge in [-0.15, -0.1) is 0 Å². The van der Waals surface area contributed by atoms with E-state index < -0.39 is 0 Å². The van der Waals surface area contributed by atoms with Gasteiger partial charge in [0.05, 0.1) is 18.2 Å². The van der Waals surface area contributed by atoms with Gasteiger partial charge in [0.15, 0.2) is 0 Å². The highest BCUT2D eigenvalue weighted by atomic mass is 16.5. The number of rotatable bonds is 7. The second-order valence-corrected chi connectivity index (χ2v) is 3.91. The predicted octanol–water partition coefficient (Wildman–Crippen LogP) is 2.10. The maximum Gasteiger partial charge on any atom is 0.251 e. The molecule has 96 valence electrons. The molecule has 0 spiro atoms. The van der Waals surface area contributed by atoms with Crippen molar-refractivity contribution in [3.63, 3.8) is 0 Å². The first-order valence-corrected chi connectivity index (χ1v) is 6.14. The lowest BCUT2D eigenvalue weighted by Crippen LogP contribution is -2.27. The van der Waals surface area contributed by atoms with Crippen LogP contribution in [0.15, 0.2) is 24.3 Å². The van der Waals surface area contributed by atoms with Crippen molar-refractivity contribution >= 4 is 5.91 Å². The van der Waals surface area contributed by atoms with Crippen molar-refractivity contribution in [1.82, 2.24) is 5.32 Å². The Hall–Kier alpha value is -1.86. The van der Waals surface area contributed by atoms with E-state index in [0.717, 1.165) is 19.4 Å². The largest absolute Gasteiger partial charge is 0.380 e. The molecule has 0 radical (unpaired) electrons. The van der Waals surface area contributed by atoms with Crippen molar-refractivity contribution in [3.8, 4) is 6.07 Å². The van der Waals surface area contributed by atoms with Gasteiger partial charge in [0.1, 0.15) is 0 Å². The van der Waals surface area contributed by atoms with Crippen molar-refractivity contribution in [2.45, 2.75) is 19.8 Å². The third kappa shape index (κ3) is 4.98. The Labute approximate surface area is 108 Å². The first kappa shape index (κ1) is 14.2. The lowest BCUT2D eigenvalue weighted by Gasteiger charge is -2.06. The molecular weight excluding hydrogens is 228 g/mol. The van der Waals surface area contributed by atoms with Crippen molar-refractivity contribution < 1.29 is 9.53 Å². The molecule has 0 atom stereocenters. The third-order valence-corrected chi connectivity index (χ3v) is 2.43. The van der Waals surface area contributed by atoms with Crippen LogP contribution in [0.2, 0.25) is 0 Å². The molecule has 0 saturated heterocycles. The second kappa shape index (κ2) is 8.26. The Bertz CT molecular complexity index is 424. The molecule has 0 aliphatic rings. The van der Waals surface area contributed by atoms with Crippen molar-refractivity contribution in [2.24, 2.45) is 0 Å². The van der Waals surface area contributed by atoms with E-state index >= 15 is 0 Å². The van der Waals surface area contributed by atoms with Crippen LogP contribution in [0.4, 0.5) is 0 Å². The van der Waals surface area contributed by atoms with Gasteiger partial charge in [0, 0.05) is 18.7 Å². The van der Waals surface area contributed by atoms with E-state index in [1.807, 2.05) is 6.07 Å². The minimum Gasteiger partial charge on any atom is -0.380 e. The zero-order valence-corrected chi connectivity index (χ0v) is 10.6. The molecule has 0 bridgehead atoms. The van der Waals surface area contributed by atoms with Gasteiger partial charge in [-0.2, -0.15) is 5.26 Å². The van der Waals surface area contributed by atoms with Crippen LogP contribution in [0.25, 0.3) is 0 Å². The van der Waals surface area contributed by atoms with Crippen LogP contribution in [0.3, 0.4) is 0 Å². The summed E-state index contributed by atoms with van der Waals surface area (Å²) >= 11 is 0. The maximum atomic E-state index is 11.7. The van der Waals surface area contributed by atoms with E-state index in [9.17, 15) is 4.79 Å². The summed E-state index contributed by atoms with van der Waals surface area (Å²) in [4.78, 5) is 11.7. The number of unbranched alkanes of at least 4 members (excludes halogenated alkanes) is 1. The van der Waals surface area contributed by atoms with E-state index in [1.54, 1.807) is 24.3 Å². The lowest BCUT2D eigenvalue weighted by atomic mass is 10.1. The van der Waals surface area contributed by atoms with Gasteiger partial charge in [-0.3, -0.25) is 4.79 Å². The average Bonchev–Trinajstić information content (AvgIpc) is 2.42. The first-order chi connectivity index (χ1) is 8.77. The van der Waals surface area contributed by atoms with Crippen molar-refractivity contribution in [1.29, 1.82) is 5.26 Å². The predicted molar refractivity (Wildman–Crippen MR) is 69.2 cm³/mol. The molecule has 1 rings (SSSR count). The highest BCUT2D eigenvalue weighted by Gasteiger charge is 2.04. The van der Waals surface area contributed by atoms with Gasteiger partial charge in [-0.1, -0.05) is 19.4 Å². The zero-order valence-electron chi connectivity index (χ0n) is 10.6. The van der Waals surface area contributed by atoms with Crippen LogP contribution in [0.1, 0.15) is 35.7 Å². The maximum absolute atomic E-state index is 11.7. The molecule has 0 heterocycles. The Morgan fingerprint density at radius 1 is 1.44 bits per heavy atom. The second-order valence-electron chi connectivity index (χ2n) is 3.91. The number of carbonyl (C=O) groups is 1. The number of carbonyl (C=O) groups excluding carboxylic acids is 1. The molecule has 0 aliphatic carbocycles.